The van der Waals surface area contributed by atoms with Crippen LogP contribution in [0.2, 0.25) is 0 Å². The van der Waals surface area contributed by atoms with Gasteiger partial charge >= 0.3 is 0 Å². The molecule has 192 valence electrons. The molecule has 0 saturated heterocycles. The molecule has 0 amide bonds. The summed E-state index contributed by atoms with van der Waals surface area (Å²) in [6.07, 6.45) is 0. The van der Waals surface area contributed by atoms with Gasteiger partial charge in [0.1, 0.15) is 11.2 Å². The molecule has 0 aliphatic rings. The van der Waals surface area contributed by atoms with Gasteiger partial charge in [0.25, 0.3) is 0 Å². The van der Waals surface area contributed by atoms with Crippen LogP contribution in [0.5, 0.6) is 0 Å². The Bertz CT molecular complexity index is 2200. The molecule has 0 radical (unpaired) electrons. The highest BCUT2D eigenvalue weighted by Gasteiger charge is 2.13. The number of aromatic nitrogens is 2. The van der Waals surface area contributed by atoms with Gasteiger partial charge in [0, 0.05) is 27.3 Å². The van der Waals surface area contributed by atoms with Gasteiger partial charge in [0.05, 0.1) is 11.2 Å². The monoisotopic (exact) mass is 524 g/mol. The molecule has 0 fully saturated rings. The van der Waals surface area contributed by atoms with Gasteiger partial charge < -0.3 is 4.42 Å². The van der Waals surface area contributed by atoms with E-state index in [0.29, 0.717) is 0 Å². The van der Waals surface area contributed by atoms with Crippen molar-refractivity contribution in [2.45, 2.75) is 0 Å². The van der Waals surface area contributed by atoms with Crippen molar-refractivity contribution in [1.29, 1.82) is 0 Å². The summed E-state index contributed by atoms with van der Waals surface area (Å²) in [6, 6.07) is 50.3. The minimum atomic E-state index is 0.724. The number of benzene rings is 6. The smallest absolute Gasteiger partial charge is 0.160 e. The maximum Gasteiger partial charge on any atom is 0.160 e. The summed E-state index contributed by atoms with van der Waals surface area (Å²) in [6.45, 7) is 0. The lowest BCUT2D eigenvalue weighted by molar-refractivity contribution is 0.669. The third-order valence-corrected chi connectivity index (χ3v) is 7.68. The molecule has 0 aliphatic carbocycles. The minimum Gasteiger partial charge on any atom is -0.456 e. The van der Waals surface area contributed by atoms with E-state index in [9.17, 15) is 0 Å². The van der Waals surface area contributed by atoms with E-state index >= 15 is 0 Å². The van der Waals surface area contributed by atoms with Gasteiger partial charge in [-0.3, -0.25) is 0 Å². The first kappa shape index (κ1) is 23.4. The Balaban J connectivity index is 1.25. The van der Waals surface area contributed by atoms with Crippen LogP contribution in [-0.4, -0.2) is 9.97 Å². The molecule has 6 aromatic carbocycles. The van der Waals surface area contributed by atoms with Gasteiger partial charge in [-0.15, -0.1) is 0 Å². The first-order valence-electron chi connectivity index (χ1n) is 13.7. The normalized spacial score (nSPS) is 11.4. The summed E-state index contributed by atoms with van der Waals surface area (Å²) in [5, 5.41) is 3.31. The number of nitrogens with zero attached hydrogens (tertiary/aromatic N) is 2. The maximum absolute atomic E-state index is 6.16. The van der Waals surface area contributed by atoms with Crippen LogP contribution in [0.25, 0.3) is 77.7 Å². The lowest BCUT2D eigenvalue weighted by atomic mass is 9.97. The number of hydrogen-bond donors (Lipinski definition) is 0. The molecule has 0 saturated carbocycles. The van der Waals surface area contributed by atoms with Crippen molar-refractivity contribution >= 4 is 32.8 Å². The van der Waals surface area contributed by atoms with E-state index < -0.39 is 0 Å². The van der Waals surface area contributed by atoms with Crippen molar-refractivity contribution in [3.05, 3.63) is 146 Å². The first-order valence-corrected chi connectivity index (χ1v) is 13.7. The molecule has 0 unspecified atom stereocenters. The standard InChI is InChI=1S/C38H24N2O/c1-3-10-25(11-4-1)37-33-21-19-29(23-34(33)39-38(40-37)26-12-5-2-6-13-26)27-14-9-15-28(22-27)30-18-20-32-31-16-7-8-17-35(31)41-36(32)24-30/h1-24H. The van der Waals surface area contributed by atoms with Gasteiger partial charge in [-0.05, 0) is 58.7 Å². The van der Waals surface area contributed by atoms with Crippen LogP contribution in [0, 0.1) is 0 Å². The number of furan rings is 1. The van der Waals surface area contributed by atoms with Crippen LogP contribution in [0.3, 0.4) is 0 Å². The predicted molar refractivity (Wildman–Crippen MR) is 169 cm³/mol. The zero-order valence-corrected chi connectivity index (χ0v) is 22.2. The lowest BCUT2D eigenvalue weighted by Gasteiger charge is -2.12. The van der Waals surface area contributed by atoms with E-state index in [0.717, 1.165) is 77.7 Å². The van der Waals surface area contributed by atoms with Gasteiger partial charge in [0.2, 0.25) is 0 Å². The summed E-state index contributed by atoms with van der Waals surface area (Å²) >= 11 is 0. The second kappa shape index (κ2) is 9.58. The van der Waals surface area contributed by atoms with Crippen molar-refractivity contribution in [2.75, 3.05) is 0 Å². The van der Waals surface area contributed by atoms with Crippen molar-refractivity contribution in [3.63, 3.8) is 0 Å². The molecular weight excluding hydrogens is 500 g/mol. The highest BCUT2D eigenvalue weighted by Crippen LogP contribution is 2.35. The molecule has 2 heterocycles. The van der Waals surface area contributed by atoms with Crippen LogP contribution < -0.4 is 0 Å². The molecule has 0 N–H and O–H groups in total. The Morgan fingerprint density at radius 2 is 0.951 bits per heavy atom. The van der Waals surface area contributed by atoms with Crippen LogP contribution >= 0.6 is 0 Å². The van der Waals surface area contributed by atoms with E-state index in [4.69, 9.17) is 14.4 Å². The molecule has 3 nitrogen and oxygen atoms in total. The zero-order valence-electron chi connectivity index (χ0n) is 22.2. The number of fused-ring (bicyclic) bond motifs is 4. The van der Waals surface area contributed by atoms with Crippen molar-refractivity contribution in [2.24, 2.45) is 0 Å². The SMILES string of the molecule is c1ccc(-c2nc(-c3ccccc3)c3ccc(-c4cccc(-c5ccc6c(c5)oc5ccccc56)c4)cc3n2)cc1. The quantitative estimate of drug-likeness (QED) is 0.230. The molecule has 0 atom stereocenters. The molecule has 3 heteroatoms. The third-order valence-electron chi connectivity index (χ3n) is 7.68. The van der Waals surface area contributed by atoms with E-state index in [1.807, 2.05) is 48.5 Å². The Morgan fingerprint density at radius 3 is 1.73 bits per heavy atom. The van der Waals surface area contributed by atoms with Crippen LogP contribution in [0.15, 0.2) is 150 Å². The van der Waals surface area contributed by atoms with Gasteiger partial charge in [-0.25, -0.2) is 9.97 Å². The Labute approximate surface area is 237 Å². The van der Waals surface area contributed by atoms with Gasteiger partial charge in [0.15, 0.2) is 5.82 Å². The van der Waals surface area contributed by atoms with Crippen LogP contribution in [-0.2, 0) is 0 Å². The van der Waals surface area contributed by atoms with Crippen LogP contribution in [0.4, 0.5) is 0 Å². The average Bonchev–Trinajstić information content (AvgIpc) is 3.43. The van der Waals surface area contributed by atoms with Crippen LogP contribution in [0.1, 0.15) is 0 Å². The maximum atomic E-state index is 6.16. The molecular formula is C38H24N2O. The van der Waals surface area contributed by atoms with Gasteiger partial charge in [-0.1, -0.05) is 109 Å². The lowest BCUT2D eigenvalue weighted by Crippen LogP contribution is -1.95. The number of rotatable bonds is 4. The van der Waals surface area contributed by atoms with E-state index in [1.54, 1.807) is 0 Å². The molecule has 0 spiro atoms. The molecule has 0 bridgehead atoms. The summed E-state index contributed by atoms with van der Waals surface area (Å²) in [5.74, 6) is 0.724. The Hall–Kier alpha value is -5.54. The highest BCUT2D eigenvalue weighted by atomic mass is 16.3. The third kappa shape index (κ3) is 4.16. The summed E-state index contributed by atoms with van der Waals surface area (Å²) < 4.78 is 6.16. The second-order valence-corrected chi connectivity index (χ2v) is 10.2. The van der Waals surface area contributed by atoms with E-state index in [2.05, 4.69) is 97.1 Å². The Morgan fingerprint density at radius 1 is 0.366 bits per heavy atom. The topological polar surface area (TPSA) is 38.9 Å². The summed E-state index contributed by atoms with van der Waals surface area (Å²) in [5.41, 5.74) is 10.3. The number of para-hydroxylation sites is 1. The predicted octanol–water partition coefficient (Wildman–Crippen LogP) is 10.2. The zero-order chi connectivity index (χ0) is 27.2. The highest BCUT2D eigenvalue weighted by molar-refractivity contribution is 6.06. The second-order valence-electron chi connectivity index (χ2n) is 10.2. The van der Waals surface area contributed by atoms with Crippen molar-refractivity contribution in [3.8, 4) is 44.9 Å². The molecule has 8 aromatic rings. The fourth-order valence-corrected chi connectivity index (χ4v) is 5.63. The summed E-state index contributed by atoms with van der Waals surface area (Å²) in [7, 11) is 0. The molecule has 2 aromatic heterocycles. The fraction of sp³-hybridized carbons (Fsp3) is 0. The minimum absolute atomic E-state index is 0.724. The molecule has 41 heavy (non-hydrogen) atoms. The first-order chi connectivity index (χ1) is 20.3. The molecule has 0 aliphatic heterocycles. The molecule has 8 rings (SSSR count). The van der Waals surface area contributed by atoms with Crippen molar-refractivity contribution < 1.29 is 4.42 Å². The number of hydrogen-bond acceptors (Lipinski definition) is 3. The van der Waals surface area contributed by atoms with E-state index in [-0.39, 0.29) is 0 Å². The fourth-order valence-electron chi connectivity index (χ4n) is 5.63. The Kier molecular flexibility index (Phi) is 5.46. The van der Waals surface area contributed by atoms with Gasteiger partial charge in [-0.2, -0.15) is 0 Å². The largest absolute Gasteiger partial charge is 0.456 e. The van der Waals surface area contributed by atoms with Crippen molar-refractivity contribution in [1.82, 2.24) is 9.97 Å². The van der Waals surface area contributed by atoms with E-state index in [1.165, 1.54) is 0 Å². The average molecular weight is 525 g/mol. The summed E-state index contributed by atoms with van der Waals surface area (Å²) in [4.78, 5) is 10.0.